The fourth-order valence-electron chi connectivity index (χ4n) is 2.74. The van der Waals surface area contributed by atoms with Crippen molar-refractivity contribution in [1.29, 1.82) is 0 Å². The maximum Gasteiger partial charge on any atom is 0.249 e. The summed E-state index contributed by atoms with van der Waals surface area (Å²) in [6.07, 6.45) is 3.18. The lowest BCUT2D eigenvalue weighted by Crippen LogP contribution is -2.39. The monoisotopic (exact) mass is 259 g/mol. The van der Waals surface area contributed by atoms with Crippen molar-refractivity contribution in [3.63, 3.8) is 0 Å². The largest absolute Gasteiger partial charge is 0.334 e. The Morgan fingerprint density at radius 1 is 1.39 bits per heavy atom. The number of benzene rings is 1. The summed E-state index contributed by atoms with van der Waals surface area (Å²) in [6, 6.07) is 10.5. The van der Waals surface area contributed by atoms with E-state index in [-0.39, 0.29) is 5.91 Å². The van der Waals surface area contributed by atoms with Gasteiger partial charge < -0.3 is 4.90 Å². The molecule has 2 bridgehead atoms. The zero-order chi connectivity index (χ0) is 12.5. The second kappa shape index (κ2) is 4.81. The van der Waals surface area contributed by atoms with Crippen LogP contribution in [-0.4, -0.2) is 34.4 Å². The molecule has 3 rings (SSSR count). The SMILES string of the molecule is C/C(=C\c1ccccc1)C(=O)N1C[C@H]2C[C@H]1CS2. The van der Waals surface area contributed by atoms with Crippen LogP contribution in [0.3, 0.4) is 0 Å². The van der Waals surface area contributed by atoms with E-state index in [0.29, 0.717) is 11.3 Å². The highest BCUT2D eigenvalue weighted by Gasteiger charge is 2.40. The highest BCUT2D eigenvalue weighted by Crippen LogP contribution is 2.38. The molecule has 2 aliphatic heterocycles. The van der Waals surface area contributed by atoms with E-state index in [1.807, 2.05) is 55.1 Å². The third kappa shape index (κ3) is 2.19. The summed E-state index contributed by atoms with van der Waals surface area (Å²) in [6.45, 7) is 2.86. The zero-order valence-electron chi connectivity index (χ0n) is 10.5. The van der Waals surface area contributed by atoms with Crippen molar-refractivity contribution in [3.8, 4) is 0 Å². The topological polar surface area (TPSA) is 20.3 Å². The first-order valence-electron chi connectivity index (χ1n) is 6.40. The molecule has 0 unspecified atom stereocenters. The molecule has 2 fully saturated rings. The lowest BCUT2D eigenvalue weighted by Gasteiger charge is -2.27. The standard InChI is InChI=1S/C15H17NOS/c1-11(7-12-5-3-2-4-6-12)15(17)16-9-14-8-13(16)10-18-14/h2-7,13-14H,8-10H2,1H3/b11-7+/t13-,14+/m0/s1. The van der Waals surface area contributed by atoms with E-state index in [2.05, 4.69) is 4.90 Å². The maximum absolute atomic E-state index is 12.4. The fourth-order valence-corrected chi connectivity index (χ4v) is 4.17. The van der Waals surface area contributed by atoms with Gasteiger partial charge in [0.05, 0.1) is 0 Å². The minimum Gasteiger partial charge on any atom is -0.334 e. The Hall–Kier alpha value is -1.22. The highest BCUT2D eigenvalue weighted by molar-refractivity contribution is 8.00. The Balaban J connectivity index is 1.75. The number of hydrogen-bond donors (Lipinski definition) is 0. The molecule has 0 radical (unpaired) electrons. The summed E-state index contributed by atoms with van der Waals surface area (Å²) in [5.74, 6) is 1.33. The van der Waals surface area contributed by atoms with Crippen molar-refractivity contribution in [2.45, 2.75) is 24.6 Å². The second-order valence-corrected chi connectivity index (χ2v) is 6.37. The summed E-state index contributed by atoms with van der Waals surface area (Å²) in [4.78, 5) is 14.5. The first-order valence-corrected chi connectivity index (χ1v) is 7.45. The average Bonchev–Trinajstić information content (AvgIpc) is 3.01. The molecule has 2 nitrogen and oxygen atoms in total. The van der Waals surface area contributed by atoms with Gasteiger partial charge in [-0.15, -0.1) is 0 Å². The van der Waals surface area contributed by atoms with Crippen LogP contribution < -0.4 is 0 Å². The molecule has 1 aromatic rings. The molecule has 94 valence electrons. The van der Waals surface area contributed by atoms with Gasteiger partial charge >= 0.3 is 0 Å². The van der Waals surface area contributed by atoms with Gasteiger partial charge in [0.15, 0.2) is 0 Å². The number of fused-ring (bicyclic) bond motifs is 2. The van der Waals surface area contributed by atoms with E-state index in [4.69, 9.17) is 0 Å². The van der Waals surface area contributed by atoms with Gasteiger partial charge in [-0.2, -0.15) is 11.8 Å². The van der Waals surface area contributed by atoms with Crippen LogP contribution in [-0.2, 0) is 4.79 Å². The van der Waals surface area contributed by atoms with Gasteiger partial charge in [-0.05, 0) is 25.0 Å². The van der Waals surface area contributed by atoms with Crippen LogP contribution in [0.1, 0.15) is 18.9 Å². The van der Waals surface area contributed by atoms with Crippen LogP contribution >= 0.6 is 11.8 Å². The van der Waals surface area contributed by atoms with Crippen LogP contribution in [0.15, 0.2) is 35.9 Å². The molecule has 2 heterocycles. The Morgan fingerprint density at radius 3 is 2.78 bits per heavy atom. The van der Waals surface area contributed by atoms with Crippen molar-refractivity contribution < 1.29 is 4.79 Å². The van der Waals surface area contributed by atoms with Crippen LogP contribution in [0.5, 0.6) is 0 Å². The summed E-state index contributed by atoms with van der Waals surface area (Å²) in [5.41, 5.74) is 1.95. The van der Waals surface area contributed by atoms with E-state index < -0.39 is 0 Å². The zero-order valence-corrected chi connectivity index (χ0v) is 11.3. The van der Waals surface area contributed by atoms with Crippen molar-refractivity contribution >= 4 is 23.7 Å². The summed E-state index contributed by atoms with van der Waals surface area (Å²) in [7, 11) is 0. The first-order chi connectivity index (χ1) is 8.74. The van der Waals surface area contributed by atoms with Gasteiger partial charge in [0, 0.05) is 29.2 Å². The molecular weight excluding hydrogens is 242 g/mol. The molecule has 0 saturated carbocycles. The molecule has 18 heavy (non-hydrogen) atoms. The Morgan fingerprint density at radius 2 is 2.17 bits per heavy atom. The molecule has 0 N–H and O–H groups in total. The molecule has 0 aromatic heterocycles. The van der Waals surface area contributed by atoms with Crippen molar-refractivity contribution in [3.05, 3.63) is 41.5 Å². The van der Waals surface area contributed by atoms with Gasteiger partial charge in [-0.1, -0.05) is 30.3 Å². The lowest BCUT2D eigenvalue weighted by atomic mass is 10.1. The minimum atomic E-state index is 0.214. The van der Waals surface area contributed by atoms with Crippen LogP contribution in [0, 0.1) is 0 Å². The molecule has 2 saturated heterocycles. The number of thioether (sulfide) groups is 1. The predicted molar refractivity (Wildman–Crippen MR) is 76.5 cm³/mol. The number of rotatable bonds is 2. The number of amides is 1. The molecule has 2 atom stereocenters. The van der Waals surface area contributed by atoms with Crippen LogP contribution in [0.4, 0.5) is 0 Å². The Bertz CT molecular complexity index is 483. The normalized spacial score (nSPS) is 26.7. The van der Waals surface area contributed by atoms with Gasteiger partial charge in [-0.25, -0.2) is 0 Å². The summed E-state index contributed by atoms with van der Waals surface area (Å²) >= 11 is 2.02. The Kier molecular flexibility index (Phi) is 3.16. The molecule has 1 amide bonds. The summed E-state index contributed by atoms with van der Waals surface area (Å²) in [5, 5.41) is 0.684. The molecule has 1 aromatic carbocycles. The van der Waals surface area contributed by atoms with Crippen LogP contribution in [0.2, 0.25) is 0 Å². The quantitative estimate of drug-likeness (QED) is 0.761. The third-order valence-electron chi connectivity index (χ3n) is 3.68. The van der Waals surface area contributed by atoms with E-state index in [1.165, 1.54) is 6.42 Å². The van der Waals surface area contributed by atoms with Crippen molar-refractivity contribution in [2.24, 2.45) is 0 Å². The number of carbonyl (C=O) groups is 1. The molecular formula is C15H17NOS. The number of nitrogens with zero attached hydrogens (tertiary/aromatic N) is 1. The van der Waals surface area contributed by atoms with E-state index in [1.54, 1.807) is 0 Å². The molecule has 3 heteroatoms. The maximum atomic E-state index is 12.4. The number of likely N-dealkylation sites (tertiary alicyclic amines) is 1. The predicted octanol–water partition coefficient (Wildman–Crippen LogP) is 2.81. The average molecular weight is 259 g/mol. The number of carbonyl (C=O) groups excluding carboxylic acids is 1. The summed E-state index contributed by atoms with van der Waals surface area (Å²) < 4.78 is 0. The van der Waals surface area contributed by atoms with E-state index in [0.717, 1.165) is 23.4 Å². The van der Waals surface area contributed by atoms with Gasteiger partial charge in [-0.3, -0.25) is 4.79 Å². The minimum absolute atomic E-state index is 0.214. The second-order valence-electron chi connectivity index (χ2n) is 5.04. The van der Waals surface area contributed by atoms with Gasteiger partial charge in [0.1, 0.15) is 0 Å². The van der Waals surface area contributed by atoms with Gasteiger partial charge in [0.25, 0.3) is 0 Å². The lowest BCUT2D eigenvalue weighted by molar-refractivity contribution is -0.127. The van der Waals surface area contributed by atoms with E-state index in [9.17, 15) is 4.79 Å². The van der Waals surface area contributed by atoms with E-state index >= 15 is 0 Å². The smallest absolute Gasteiger partial charge is 0.249 e. The number of hydrogen-bond acceptors (Lipinski definition) is 2. The van der Waals surface area contributed by atoms with Crippen molar-refractivity contribution in [2.75, 3.05) is 12.3 Å². The van der Waals surface area contributed by atoms with Gasteiger partial charge in [0.2, 0.25) is 5.91 Å². The molecule has 2 aliphatic rings. The highest BCUT2D eigenvalue weighted by atomic mass is 32.2. The van der Waals surface area contributed by atoms with Crippen molar-refractivity contribution in [1.82, 2.24) is 4.90 Å². The Labute approximate surface area is 112 Å². The molecule has 0 aliphatic carbocycles. The fraction of sp³-hybridized carbons (Fsp3) is 0.400. The third-order valence-corrected chi connectivity index (χ3v) is 5.07. The molecule has 0 spiro atoms. The first kappa shape index (κ1) is 11.8. The van der Waals surface area contributed by atoms with Crippen LogP contribution in [0.25, 0.3) is 6.08 Å².